The number of allylic oxidation sites excluding steroid dienone is 2. The Balaban J connectivity index is 2.44. The number of carbonyl (C=O) groups excluding carboxylic acids is 1. The summed E-state index contributed by atoms with van der Waals surface area (Å²) in [6, 6.07) is -0.619. The summed E-state index contributed by atoms with van der Waals surface area (Å²) in [4.78, 5) is 10.3. The number of rotatable bonds is 2. The fraction of sp³-hybridized carbons (Fsp3) is 0.375. The van der Waals surface area contributed by atoms with E-state index in [1.165, 1.54) is 0 Å². The summed E-state index contributed by atoms with van der Waals surface area (Å²) in [5.74, 6) is 0. The highest BCUT2D eigenvalue weighted by Crippen LogP contribution is 2.15. The van der Waals surface area contributed by atoms with Crippen LogP contribution in [0.5, 0.6) is 0 Å². The zero-order valence-electron chi connectivity index (χ0n) is 6.66. The first-order chi connectivity index (χ1) is 5.62. The molecule has 1 rings (SSSR count). The van der Waals surface area contributed by atoms with Gasteiger partial charge in [-0.3, -0.25) is 0 Å². The molecule has 0 bridgehead atoms. The molecule has 0 aromatic heterocycles. The van der Waals surface area contributed by atoms with Crippen LogP contribution in [0.2, 0.25) is 0 Å². The number of nitrogens with one attached hydrogen (secondary N) is 1. The van der Waals surface area contributed by atoms with E-state index in [9.17, 15) is 9.90 Å². The fourth-order valence-electron chi connectivity index (χ4n) is 1.02. The number of aliphatic hydroxyl groups is 1. The van der Waals surface area contributed by atoms with Crippen LogP contribution >= 0.6 is 0 Å². The highest BCUT2D eigenvalue weighted by Gasteiger charge is 2.23. The Hall–Kier alpha value is -1.29. The molecule has 1 unspecified atom stereocenters. The third kappa shape index (κ3) is 2.39. The van der Waals surface area contributed by atoms with Gasteiger partial charge in [0.05, 0.1) is 6.54 Å². The number of hydrogen-bond acceptors (Lipinski definition) is 2. The smallest absolute Gasteiger partial charge is 0.312 e. The topological polar surface area (TPSA) is 75.4 Å². The van der Waals surface area contributed by atoms with Gasteiger partial charge in [0, 0.05) is 0 Å². The molecule has 0 aromatic carbocycles. The molecule has 0 radical (unpaired) electrons. The molecule has 0 spiro atoms. The van der Waals surface area contributed by atoms with E-state index in [2.05, 4.69) is 5.32 Å². The first-order valence-corrected chi connectivity index (χ1v) is 3.72. The van der Waals surface area contributed by atoms with Gasteiger partial charge in [0.15, 0.2) is 0 Å². The number of carbonyl (C=O) groups is 1. The van der Waals surface area contributed by atoms with Crippen LogP contribution in [0, 0.1) is 0 Å². The number of hydrogen-bond donors (Lipinski definition) is 3. The first kappa shape index (κ1) is 8.80. The third-order valence-corrected chi connectivity index (χ3v) is 1.69. The highest BCUT2D eigenvalue weighted by atomic mass is 16.3. The van der Waals surface area contributed by atoms with Crippen LogP contribution in [0.25, 0.3) is 0 Å². The molecule has 0 fully saturated rings. The van der Waals surface area contributed by atoms with Crippen LogP contribution in [0.3, 0.4) is 0 Å². The van der Waals surface area contributed by atoms with Crippen molar-refractivity contribution < 1.29 is 9.90 Å². The van der Waals surface area contributed by atoms with E-state index in [-0.39, 0.29) is 6.54 Å². The Labute approximate surface area is 70.8 Å². The zero-order chi connectivity index (χ0) is 9.03. The van der Waals surface area contributed by atoms with Crippen molar-refractivity contribution in [1.82, 2.24) is 5.32 Å². The molecule has 0 heterocycles. The van der Waals surface area contributed by atoms with Crippen LogP contribution in [-0.2, 0) is 0 Å². The van der Waals surface area contributed by atoms with Crippen LogP contribution in [-0.4, -0.2) is 23.3 Å². The molecule has 1 aliphatic carbocycles. The number of urea groups is 1. The average Bonchev–Trinajstić information content (AvgIpc) is 2.03. The molecule has 66 valence electrons. The second-order valence-corrected chi connectivity index (χ2v) is 2.81. The van der Waals surface area contributed by atoms with E-state index in [1.807, 2.05) is 12.2 Å². The van der Waals surface area contributed by atoms with Gasteiger partial charge in [0.25, 0.3) is 0 Å². The Morgan fingerprint density at radius 1 is 1.67 bits per heavy atom. The van der Waals surface area contributed by atoms with Gasteiger partial charge >= 0.3 is 6.03 Å². The van der Waals surface area contributed by atoms with Crippen molar-refractivity contribution in [3.05, 3.63) is 24.3 Å². The number of nitrogens with two attached hydrogens (primary N) is 1. The summed E-state index contributed by atoms with van der Waals surface area (Å²) in [6.07, 6.45) is 7.57. The zero-order valence-corrected chi connectivity index (χ0v) is 6.66. The molecule has 2 amide bonds. The van der Waals surface area contributed by atoms with E-state index < -0.39 is 11.6 Å². The molecule has 0 aliphatic heterocycles. The van der Waals surface area contributed by atoms with Crippen LogP contribution in [0.4, 0.5) is 4.79 Å². The Morgan fingerprint density at radius 3 is 2.92 bits per heavy atom. The normalized spacial score (nSPS) is 27.1. The van der Waals surface area contributed by atoms with Crippen molar-refractivity contribution in [1.29, 1.82) is 0 Å². The maximum absolute atomic E-state index is 10.3. The molecule has 4 N–H and O–H groups in total. The summed E-state index contributed by atoms with van der Waals surface area (Å²) in [7, 11) is 0. The SMILES string of the molecule is NC(=O)NCC1(O)C=CC=CC1. The van der Waals surface area contributed by atoms with Gasteiger partial charge in [-0.25, -0.2) is 4.79 Å². The summed E-state index contributed by atoms with van der Waals surface area (Å²) in [5, 5.41) is 12.1. The minimum atomic E-state index is -0.968. The Bertz CT molecular complexity index is 235. The minimum absolute atomic E-state index is 0.156. The van der Waals surface area contributed by atoms with E-state index in [0.717, 1.165) is 0 Å². The van der Waals surface area contributed by atoms with E-state index in [4.69, 9.17) is 5.73 Å². The van der Waals surface area contributed by atoms with Crippen molar-refractivity contribution in [3.63, 3.8) is 0 Å². The molecule has 0 aromatic rings. The maximum atomic E-state index is 10.3. The lowest BCUT2D eigenvalue weighted by atomic mass is 9.95. The van der Waals surface area contributed by atoms with Crippen molar-refractivity contribution in [3.8, 4) is 0 Å². The molecule has 0 saturated carbocycles. The van der Waals surface area contributed by atoms with Gasteiger partial charge in [0.2, 0.25) is 0 Å². The van der Waals surface area contributed by atoms with E-state index in [0.29, 0.717) is 6.42 Å². The molecule has 1 aliphatic rings. The molecule has 0 saturated heterocycles. The quantitative estimate of drug-likeness (QED) is 0.538. The van der Waals surface area contributed by atoms with Crippen LogP contribution in [0.15, 0.2) is 24.3 Å². The number of primary amides is 1. The van der Waals surface area contributed by atoms with Gasteiger partial charge in [0.1, 0.15) is 5.60 Å². The average molecular weight is 168 g/mol. The summed E-state index contributed by atoms with van der Waals surface area (Å²) in [5.41, 5.74) is 3.90. The van der Waals surface area contributed by atoms with E-state index in [1.54, 1.807) is 12.2 Å². The molecule has 1 atom stereocenters. The second kappa shape index (κ2) is 3.40. The lowest BCUT2D eigenvalue weighted by Crippen LogP contribution is -2.43. The monoisotopic (exact) mass is 168 g/mol. The summed E-state index contributed by atoms with van der Waals surface area (Å²) < 4.78 is 0. The molecule has 4 nitrogen and oxygen atoms in total. The largest absolute Gasteiger partial charge is 0.384 e. The molecule has 12 heavy (non-hydrogen) atoms. The summed E-state index contributed by atoms with van der Waals surface area (Å²) in [6.45, 7) is 0.156. The van der Waals surface area contributed by atoms with Gasteiger partial charge in [-0.2, -0.15) is 0 Å². The van der Waals surface area contributed by atoms with Gasteiger partial charge < -0.3 is 16.2 Å². The lowest BCUT2D eigenvalue weighted by Gasteiger charge is -2.24. The second-order valence-electron chi connectivity index (χ2n) is 2.81. The van der Waals surface area contributed by atoms with Crippen molar-refractivity contribution >= 4 is 6.03 Å². The molecule has 4 heteroatoms. The minimum Gasteiger partial charge on any atom is -0.384 e. The van der Waals surface area contributed by atoms with Crippen molar-refractivity contribution in [2.75, 3.05) is 6.54 Å². The Kier molecular flexibility index (Phi) is 2.50. The lowest BCUT2D eigenvalue weighted by molar-refractivity contribution is 0.0944. The molecular weight excluding hydrogens is 156 g/mol. The van der Waals surface area contributed by atoms with Crippen LogP contribution < -0.4 is 11.1 Å². The van der Waals surface area contributed by atoms with Crippen molar-refractivity contribution in [2.45, 2.75) is 12.0 Å². The Morgan fingerprint density at radius 2 is 2.42 bits per heavy atom. The number of amides is 2. The van der Waals surface area contributed by atoms with Crippen molar-refractivity contribution in [2.24, 2.45) is 5.73 Å². The third-order valence-electron chi connectivity index (χ3n) is 1.69. The maximum Gasteiger partial charge on any atom is 0.312 e. The van der Waals surface area contributed by atoms with Gasteiger partial charge in [-0.1, -0.05) is 24.3 Å². The first-order valence-electron chi connectivity index (χ1n) is 3.72. The van der Waals surface area contributed by atoms with Crippen LogP contribution in [0.1, 0.15) is 6.42 Å². The van der Waals surface area contributed by atoms with E-state index >= 15 is 0 Å². The molecular formula is C8H12N2O2. The fourth-order valence-corrected chi connectivity index (χ4v) is 1.02. The standard InChI is InChI=1S/C8H12N2O2/c9-7(11)10-6-8(12)4-2-1-3-5-8/h1-4,12H,5-6H2,(H3,9,10,11). The highest BCUT2D eigenvalue weighted by molar-refractivity contribution is 5.71. The predicted octanol–water partition coefficient (Wildman–Crippen LogP) is -0.0981. The predicted molar refractivity (Wildman–Crippen MR) is 45.4 cm³/mol. The van der Waals surface area contributed by atoms with Gasteiger partial charge in [-0.15, -0.1) is 0 Å². The summed E-state index contributed by atoms with van der Waals surface area (Å²) >= 11 is 0. The van der Waals surface area contributed by atoms with Gasteiger partial charge in [-0.05, 0) is 6.42 Å².